The Morgan fingerprint density at radius 3 is 2.80 bits per heavy atom. The van der Waals surface area contributed by atoms with Gasteiger partial charge in [0.25, 0.3) is 5.69 Å². The predicted molar refractivity (Wildman–Crippen MR) is 73.8 cm³/mol. The van der Waals surface area contributed by atoms with Gasteiger partial charge in [0.1, 0.15) is 12.0 Å². The molecule has 0 aliphatic heterocycles. The minimum absolute atomic E-state index is 0.0824. The van der Waals surface area contributed by atoms with Crippen molar-refractivity contribution in [3.63, 3.8) is 0 Å². The van der Waals surface area contributed by atoms with Gasteiger partial charge in [-0.2, -0.15) is 5.10 Å². The summed E-state index contributed by atoms with van der Waals surface area (Å²) in [6.45, 7) is 0.495. The number of anilines is 1. The van der Waals surface area contributed by atoms with Crippen LogP contribution in [0, 0.1) is 10.1 Å². The molecule has 20 heavy (non-hydrogen) atoms. The lowest BCUT2D eigenvalue weighted by Gasteiger charge is -2.18. The lowest BCUT2D eigenvalue weighted by molar-refractivity contribution is -0.384. The fourth-order valence-electron chi connectivity index (χ4n) is 2.00. The molecule has 0 saturated heterocycles. The summed E-state index contributed by atoms with van der Waals surface area (Å²) >= 11 is 0. The van der Waals surface area contributed by atoms with Crippen LogP contribution in [0.3, 0.4) is 0 Å². The Labute approximate surface area is 115 Å². The van der Waals surface area contributed by atoms with Gasteiger partial charge in [0.15, 0.2) is 0 Å². The molecule has 0 amide bonds. The van der Waals surface area contributed by atoms with Gasteiger partial charge in [-0.05, 0) is 12.1 Å². The topological polar surface area (TPSA) is 81.3 Å². The zero-order valence-electron chi connectivity index (χ0n) is 11.2. The maximum absolute atomic E-state index is 11.1. The highest BCUT2D eigenvalue weighted by Gasteiger charge is 2.18. The van der Waals surface area contributed by atoms with E-state index in [-0.39, 0.29) is 11.3 Å². The lowest BCUT2D eigenvalue weighted by Crippen LogP contribution is -2.17. The van der Waals surface area contributed by atoms with Gasteiger partial charge in [-0.3, -0.25) is 19.6 Å². The van der Waals surface area contributed by atoms with E-state index in [9.17, 15) is 14.9 Å². The number of rotatable bonds is 5. The first-order valence-electron chi connectivity index (χ1n) is 5.93. The smallest absolute Gasteiger partial charge is 0.293 e. The molecule has 7 heteroatoms. The molecule has 0 atom stereocenters. The van der Waals surface area contributed by atoms with Crippen molar-refractivity contribution in [2.75, 3.05) is 11.9 Å². The maximum Gasteiger partial charge on any atom is 0.293 e. The Hall–Kier alpha value is -2.70. The third-order valence-corrected chi connectivity index (χ3v) is 2.92. The molecule has 0 N–H and O–H groups in total. The van der Waals surface area contributed by atoms with E-state index >= 15 is 0 Å². The molecule has 2 rings (SSSR count). The summed E-state index contributed by atoms with van der Waals surface area (Å²) in [4.78, 5) is 23.1. The Morgan fingerprint density at radius 1 is 1.50 bits per heavy atom. The summed E-state index contributed by atoms with van der Waals surface area (Å²) in [5, 5.41) is 15.2. The van der Waals surface area contributed by atoms with E-state index in [1.54, 1.807) is 35.0 Å². The van der Waals surface area contributed by atoms with Crippen LogP contribution >= 0.6 is 0 Å². The van der Waals surface area contributed by atoms with Gasteiger partial charge >= 0.3 is 0 Å². The summed E-state index contributed by atoms with van der Waals surface area (Å²) in [6, 6.07) is 4.43. The first kappa shape index (κ1) is 13.7. The van der Waals surface area contributed by atoms with Crippen molar-refractivity contribution in [3.8, 4) is 0 Å². The summed E-state index contributed by atoms with van der Waals surface area (Å²) in [5.41, 5.74) is 1.62. The Kier molecular flexibility index (Phi) is 3.79. The number of nitrogens with zero attached hydrogens (tertiary/aromatic N) is 4. The number of hydrogen-bond acceptors (Lipinski definition) is 5. The monoisotopic (exact) mass is 274 g/mol. The first-order valence-corrected chi connectivity index (χ1v) is 5.93. The molecule has 0 fully saturated rings. The van der Waals surface area contributed by atoms with Crippen LogP contribution in [0.15, 0.2) is 30.6 Å². The van der Waals surface area contributed by atoms with Crippen LogP contribution in [0.2, 0.25) is 0 Å². The minimum Gasteiger partial charge on any atom is -0.365 e. The van der Waals surface area contributed by atoms with Crippen LogP contribution in [-0.4, -0.2) is 28.0 Å². The highest BCUT2D eigenvalue weighted by molar-refractivity contribution is 5.79. The van der Waals surface area contributed by atoms with E-state index < -0.39 is 4.92 Å². The minimum atomic E-state index is -0.484. The summed E-state index contributed by atoms with van der Waals surface area (Å²) < 4.78 is 1.67. The first-order chi connectivity index (χ1) is 9.51. The zero-order valence-corrected chi connectivity index (χ0v) is 11.2. The highest BCUT2D eigenvalue weighted by atomic mass is 16.6. The van der Waals surface area contributed by atoms with Gasteiger partial charge in [0.05, 0.1) is 11.1 Å². The average Bonchev–Trinajstić information content (AvgIpc) is 2.83. The summed E-state index contributed by atoms with van der Waals surface area (Å²) in [7, 11) is 3.57. The number of nitro groups is 1. The molecule has 0 aliphatic carbocycles. The number of aryl methyl sites for hydroxylation is 1. The molecule has 0 radical (unpaired) electrons. The number of aldehydes is 1. The zero-order chi connectivity index (χ0) is 14.7. The van der Waals surface area contributed by atoms with Gasteiger partial charge in [-0.25, -0.2) is 0 Å². The maximum atomic E-state index is 11.1. The molecule has 0 aliphatic rings. The molecule has 0 spiro atoms. The van der Waals surface area contributed by atoms with E-state index in [0.717, 1.165) is 5.56 Å². The van der Waals surface area contributed by atoms with E-state index in [0.29, 0.717) is 18.5 Å². The van der Waals surface area contributed by atoms with E-state index in [1.807, 2.05) is 13.2 Å². The largest absolute Gasteiger partial charge is 0.365 e. The molecule has 0 unspecified atom stereocenters. The van der Waals surface area contributed by atoms with Gasteiger partial charge in [0.2, 0.25) is 0 Å². The van der Waals surface area contributed by atoms with Crippen molar-refractivity contribution in [2.45, 2.75) is 6.54 Å². The fraction of sp³-hybridized carbons (Fsp3) is 0.231. The highest BCUT2D eigenvalue weighted by Crippen LogP contribution is 2.29. The van der Waals surface area contributed by atoms with Crippen LogP contribution in [0.1, 0.15) is 15.9 Å². The normalized spacial score (nSPS) is 10.3. The third-order valence-electron chi connectivity index (χ3n) is 2.92. The number of nitro benzene ring substituents is 1. The van der Waals surface area contributed by atoms with E-state index in [1.165, 1.54) is 6.07 Å². The molecule has 104 valence electrons. The van der Waals surface area contributed by atoms with Gasteiger partial charge in [0, 0.05) is 44.0 Å². The van der Waals surface area contributed by atoms with Gasteiger partial charge in [-0.1, -0.05) is 0 Å². The van der Waals surface area contributed by atoms with Crippen LogP contribution < -0.4 is 4.90 Å². The fourth-order valence-corrected chi connectivity index (χ4v) is 2.00. The molecule has 2 aromatic rings. The molecule has 1 aromatic heterocycles. The molecule has 1 heterocycles. The third kappa shape index (κ3) is 2.82. The number of benzene rings is 1. The molecule has 0 saturated carbocycles. The molecule has 7 nitrogen and oxygen atoms in total. The number of hydrogen-bond donors (Lipinski definition) is 0. The molecule has 1 aromatic carbocycles. The van der Waals surface area contributed by atoms with Crippen LogP contribution in [0.5, 0.6) is 0 Å². The van der Waals surface area contributed by atoms with Crippen molar-refractivity contribution in [2.24, 2.45) is 7.05 Å². The van der Waals surface area contributed by atoms with Crippen LogP contribution in [0.4, 0.5) is 11.4 Å². The second-order valence-electron chi connectivity index (χ2n) is 4.50. The van der Waals surface area contributed by atoms with Crippen molar-refractivity contribution >= 4 is 17.7 Å². The van der Waals surface area contributed by atoms with E-state index in [4.69, 9.17) is 0 Å². The molecular formula is C13H14N4O3. The number of carbonyl (C=O) groups excluding carboxylic acids is 1. The Bertz CT molecular complexity index is 651. The van der Waals surface area contributed by atoms with Crippen LogP contribution in [0.25, 0.3) is 0 Å². The average molecular weight is 274 g/mol. The van der Waals surface area contributed by atoms with Crippen molar-refractivity contribution in [1.29, 1.82) is 0 Å². The van der Waals surface area contributed by atoms with Crippen LogP contribution in [-0.2, 0) is 13.6 Å². The second-order valence-corrected chi connectivity index (χ2v) is 4.50. The second kappa shape index (κ2) is 5.52. The van der Waals surface area contributed by atoms with Gasteiger partial charge in [-0.15, -0.1) is 0 Å². The Morgan fingerprint density at radius 2 is 2.25 bits per heavy atom. The quantitative estimate of drug-likeness (QED) is 0.471. The van der Waals surface area contributed by atoms with Crippen molar-refractivity contribution in [1.82, 2.24) is 9.78 Å². The standard InChI is InChI=1S/C13H14N4O3/c1-15(7-11-6-14-16(2)8-11)12-4-3-10(9-18)5-13(12)17(19)20/h3-6,8-9H,7H2,1-2H3. The lowest BCUT2D eigenvalue weighted by atomic mass is 10.1. The molecular weight excluding hydrogens is 260 g/mol. The SMILES string of the molecule is CN(Cc1cnn(C)c1)c1ccc(C=O)cc1[N+](=O)[O-]. The summed E-state index contributed by atoms with van der Waals surface area (Å²) in [5.74, 6) is 0. The summed E-state index contributed by atoms with van der Waals surface area (Å²) in [6.07, 6.45) is 4.15. The van der Waals surface area contributed by atoms with Crippen molar-refractivity contribution in [3.05, 3.63) is 51.8 Å². The van der Waals surface area contributed by atoms with Crippen molar-refractivity contribution < 1.29 is 9.72 Å². The Balaban J connectivity index is 2.31. The number of carbonyl (C=O) groups is 1. The number of aromatic nitrogens is 2. The predicted octanol–water partition coefficient (Wildman–Crippen LogP) is 1.78. The molecule has 0 bridgehead atoms. The van der Waals surface area contributed by atoms with E-state index in [2.05, 4.69) is 5.10 Å². The van der Waals surface area contributed by atoms with Gasteiger partial charge < -0.3 is 4.90 Å².